The maximum atomic E-state index is 12.6. The van der Waals surface area contributed by atoms with Crippen LogP contribution < -0.4 is 19.1 Å². The average Bonchev–Trinajstić information content (AvgIpc) is 2.95. The van der Waals surface area contributed by atoms with Crippen LogP contribution in [0, 0.1) is 10.1 Å². The number of nitro benzene ring substituents is 1. The van der Waals surface area contributed by atoms with Crippen molar-refractivity contribution in [2.24, 2.45) is 0 Å². The molecule has 0 radical (unpaired) electrons. The van der Waals surface area contributed by atoms with Crippen molar-refractivity contribution in [3.8, 4) is 17.2 Å². The summed E-state index contributed by atoms with van der Waals surface area (Å²) in [7, 11) is 7.66. The summed E-state index contributed by atoms with van der Waals surface area (Å²) < 4.78 is 20.8. The van der Waals surface area contributed by atoms with Crippen molar-refractivity contribution in [2.45, 2.75) is 19.3 Å². The minimum atomic E-state index is -0.830. The zero-order chi connectivity index (χ0) is 28.2. The van der Waals surface area contributed by atoms with E-state index in [2.05, 4.69) is 0 Å². The van der Waals surface area contributed by atoms with Gasteiger partial charge >= 0.3 is 5.97 Å². The van der Waals surface area contributed by atoms with Crippen LogP contribution >= 0.6 is 0 Å². The number of ether oxygens (including phenoxy) is 4. The number of nitro groups is 1. The van der Waals surface area contributed by atoms with Gasteiger partial charge in [0.25, 0.3) is 5.69 Å². The Balaban J connectivity index is 0.000000926. The molecule has 1 saturated heterocycles. The molecule has 0 aromatic heterocycles. The van der Waals surface area contributed by atoms with Crippen LogP contribution in [-0.4, -0.2) is 83.1 Å². The summed E-state index contributed by atoms with van der Waals surface area (Å²) in [4.78, 5) is 49.0. The Morgan fingerprint density at radius 3 is 2.03 bits per heavy atom. The van der Waals surface area contributed by atoms with Gasteiger partial charge < -0.3 is 28.7 Å². The maximum absolute atomic E-state index is 12.6. The lowest BCUT2D eigenvalue weighted by Gasteiger charge is -2.28. The number of Topliss-reactive ketones (excluding diaryl/α,β-unsaturated/α-hetero) is 1. The molecule has 3 rings (SSSR count). The van der Waals surface area contributed by atoms with Gasteiger partial charge in [-0.05, 0) is 43.5 Å². The molecule has 1 aliphatic rings. The molecule has 38 heavy (non-hydrogen) atoms. The number of carbonyl (C=O) groups is 3. The lowest BCUT2D eigenvalue weighted by molar-refractivity contribution is -0.384. The van der Waals surface area contributed by atoms with Crippen LogP contribution in [-0.2, 0) is 9.53 Å². The van der Waals surface area contributed by atoms with Gasteiger partial charge in [-0.15, -0.1) is 0 Å². The van der Waals surface area contributed by atoms with Gasteiger partial charge in [-0.3, -0.25) is 19.7 Å². The molecule has 0 N–H and O–H groups in total. The van der Waals surface area contributed by atoms with Gasteiger partial charge in [-0.2, -0.15) is 0 Å². The maximum Gasteiger partial charge on any atom is 0.338 e. The lowest BCUT2D eigenvalue weighted by Crippen LogP contribution is -2.30. The number of nitrogens with zero attached hydrogens (tertiary/aromatic N) is 3. The first-order valence-corrected chi connectivity index (χ1v) is 11.8. The van der Waals surface area contributed by atoms with Crippen molar-refractivity contribution < 1.29 is 38.3 Å². The van der Waals surface area contributed by atoms with Gasteiger partial charge in [0.15, 0.2) is 18.1 Å². The van der Waals surface area contributed by atoms with Crippen molar-refractivity contribution >= 4 is 29.5 Å². The Labute approximate surface area is 221 Å². The fourth-order valence-corrected chi connectivity index (χ4v) is 3.74. The molecular weight excluding hydrogens is 498 g/mol. The number of carbonyl (C=O) groups excluding carboxylic acids is 3. The van der Waals surface area contributed by atoms with E-state index in [9.17, 15) is 24.5 Å². The number of hydrogen-bond donors (Lipinski definition) is 0. The highest BCUT2D eigenvalue weighted by Crippen LogP contribution is 2.38. The van der Waals surface area contributed by atoms with Crippen LogP contribution in [0.1, 0.15) is 40.0 Å². The van der Waals surface area contributed by atoms with E-state index >= 15 is 0 Å². The third-order valence-corrected chi connectivity index (χ3v) is 5.64. The third kappa shape index (κ3) is 7.82. The average molecular weight is 532 g/mol. The van der Waals surface area contributed by atoms with E-state index in [1.54, 1.807) is 20.2 Å². The summed E-state index contributed by atoms with van der Waals surface area (Å²) in [5.74, 6) is -0.424. The molecule has 0 saturated carbocycles. The predicted molar refractivity (Wildman–Crippen MR) is 140 cm³/mol. The highest BCUT2D eigenvalue weighted by molar-refractivity contribution is 6.00. The van der Waals surface area contributed by atoms with Crippen LogP contribution in [0.15, 0.2) is 30.3 Å². The standard InChI is InChI=1S/C23H26N2O8.C3H7NO/c1-30-20-12-16(13-21(31-2)22(20)32-3)19(26)14-33-23(27)15-7-8-17(18(11-15)25(28)29)24-9-5-4-6-10-24;1-4(2)3-5/h7-8,11-13H,4-6,9-10,14H2,1-3H3;3H,1-2H3. The summed E-state index contributed by atoms with van der Waals surface area (Å²) in [6, 6.07) is 7.13. The minimum absolute atomic E-state index is 0.000140. The van der Waals surface area contributed by atoms with Crippen molar-refractivity contribution in [2.75, 3.05) is 60.0 Å². The van der Waals surface area contributed by atoms with E-state index in [4.69, 9.17) is 18.9 Å². The minimum Gasteiger partial charge on any atom is -0.493 e. The Bertz CT molecular complexity index is 1120. The fraction of sp³-hybridized carbons (Fsp3) is 0.423. The first-order chi connectivity index (χ1) is 18.2. The smallest absolute Gasteiger partial charge is 0.338 e. The number of rotatable bonds is 10. The van der Waals surface area contributed by atoms with Crippen LogP contribution in [0.4, 0.5) is 11.4 Å². The highest BCUT2D eigenvalue weighted by Gasteiger charge is 2.24. The molecule has 0 atom stereocenters. The van der Waals surface area contributed by atoms with Crippen LogP contribution in [0.25, 0.3) is 0 Å². The van der Waals surface area contributed by atoms with Gasteiger partial charge in [0, 0.05) is 38.8 Å². The van der Waals surface area contributed by atoms with E-state index in [1.165, 1.54) is 50.5 Å². The van der Waals surface area contributed by atoms with Crippen molar-refractivity contribution in [1.29, 1.82) is 0 Å². The number of methoxy groups -OCH3 is 3. The molecule has 12 nitrogen and oxygen atoms in total. The van der Waals surface area contributed by atoms with Crippen LogP contribution in [0.5, 0.6) is 17.2 Å². The Hall–Kier alpha value is -4.35. The molecule has 1 heterocycles. The normalized spacial score (nSPS) is 12.4. The van der Waals surface area contributed by atoms with Crippen molar-refractivity contribution in [1.82, 2.24) is 4.90 Å². The molecule has 0 bridgehead atoms. The van der Waals surface area contributed by atoms with E-state index < -0.39 is 23.3 Å². The second kappa shape index (κ2) is 14.4. The van der Waals surface area contributed by atoms with Gasteiger partial charge in [0.1, 0.15) is 5.69 Å². The molecule has 0 aliphatic carbocycles. The number of benzene rings is 2. The summed E-state index contributed by atoms with van der Waals surface area (Å²) in [6.07, 6.45) is 3.77. The van der Waals surface area contributed by atoms with Crippen molar-refractivity contribution in [3.63, 3.8) is 0 Å². The SMILES string of the molecule is CN(C)C=O.COc1cc(C(=O)COC(=O)c2ccc(N3CCCCC3)c([N+](=O)[O-])c2)cc(OC)c1OC. The molecule has 206 valence electrons. The number of esters is 1. The molecule has 0 unspecified atom stereocenters. The topological polar surface area (TPSA) is 138 Å². The Morgan fingerprint density at radius 2 is 1.55 bits per heavy atom. The highest BCUT2D eigenvalue weighted by atomic mass is 16.6. The number of anilines is 1. The zero-order valence-corrected chi connectivity index (χ0v) is 22.2. The van der Waals surface area contributed by atoms with E-state index in [1.807, 2.05) is 4.90 Å². The zero-order valence-electron chi connectivity index (χ0n) is 22.2. The molecular formula is C26H33N3O9. The van der Waals surface area contributed by atoms with Crippen LogP contribution in [0.3, 0.4) is 0 Å². The first-order valence-electron chi connectivity index (χ1n) is 11.8. The Morgan fingerprint density at radius 1 is 0.974 bits per heavy atom. The van der Waals surface area contributed by atoms with Gasteiger partial charge in [0.2, 0.25) is 17.9 Å². The van der Waals surface area contributed by atoms with E-state index in [0.29, 0.717) is 11.4 Å². The second-order valence-corrected chi connectivity index (χ2v) is 8.49. The largest absolute Gasteiger partial charge is 0.493 e. The quantitative estimate of drug-likeness (QED) is 0.147. The second-order valence-electron chi connectivity index (χ2n) is 8.49. The number of amides is 1. The van der Waals surface area contributed by atoms with E-state index in [0.717, 1.165) is 38.8 Å². The predicted octanol–water partition coefficient (Wildman–Crippen LogP) is 3.36. The summed E-state index contributed by atoms with van der Waals surface area (Å²) in [6.45, 7) is 0.904. The molecule has 2 aromatic rings. The van der Waals surface area contributed by atoms with Crippen LogP contribution in [0.2, 0.25) is 0 Å². The lowest BCUT2D eigenvalue weighted by atomic mass is 10.1. The number of ketones is 1. The fourth-order valence-electron chi connectivity index (χ4n) is 3.74. The summed E-state index contributed by atoms with van der Waals surface area (Å²) in [5.41, 5.74) is 0.510. The summed E-state index contributed by atoms with van der Waals surface area (Å²) >= 11 is 0. The molecule has 1 fully saturated rings. The monoisotopic (exact) mass is 531 g/mol. The molecule has 1 aliphatic heterocycles. The van der Waals surface area contributed by atoms with Crippen molar-refractivity contribution in [3.05, 3.63) is 51.6 Å². The number of piperidine rings is 1. The van der Waals surface area contributed by atoms with E-state index in [-0.39, 0.29) is 28.3 Å². The number of hydrogen-bond acceptors (Lipinski definition) is 10. The molecule has 1 amide bonds. The molecule has 12 heteroatoms. The van der Waals surface area contributed by atoms with Gasteiger partial charge in [0.05, 0.1) is 31.8 Å². The third-order valence-electron chi connectivity index (χ3n) is 5.64. The molecule has 2 aromatic carbocycles. The Kier molecular flexibility index (Phi) is 11.3. The first kappa shape index (κ1) is 29.9. The van der Waals surface area contributed by atoms with Gasteiger partial charge in [-0.1, -0.05) is 0 Å². The molecule has 0 spiro atoms. The van der Waals surface area contributed by atoms with Gasteiger partial charge in [-0.25, -0.2) is 4.79 Å². The summed E-state index contributed by atoms with van der Waals surface area (Å²) in [5, 5.41) is 11.6.